The molecule has 0 spiro atoms. The zero-order chi connectivity index (χ0) is 17.9. The first-order valence-electron chi connectivity index (χ1n) is 7.99. The van der Waals surface area contributed by atoms with Crippen LogP contribution in [0.4, 0.5) is 0 Å². The van der Waals surface area contributed by atoms with Crippen LogP contribution in [-0.2, 0) is 6.54 Å². The standard InChI is InChI=1S/C19H15N5O2/c20-8-18-17-7-12(3-4-16(17)19(25)24-23-18)13-6-15(11-22-9-13)26-14-2-1-5-21-10-14/h1-7,9-11H,8,20H2,(H,24,25). The highest BCUT2D eigenvalue weighted by Gasteiger charge is 2.09. The van der Waals surface area contributed by atoms with E-state index in [9.17, 15) is 4.79 Å². The molecule has 3 aromatic heterocycles. The second-order valence-corrected chi connectivity index (χ2v) is 5.66. The summed E-state index contributed by atoms with van der Waals surface area (Å²) in [6, 6.07) is 11.0. The van der Waals surface area contributed by atoms with Gasteiger partial charge in [-0.1, -0.05) is 6.07 Å². The Bertz CT molecular complexity index is 1130. The molecule has 0 radical (unpaired) electrons. The Labute approximate surface area is 148 Å². The maximum absolute atomic E-state index is 12.0. The van der Waals surface area contributed by atoms with Crippen molar-refractivity contribution in [1.29, 1.82) is 0 Å². The minimum absolute atomic E-state index is 0.235. The molecular weight excluding hydrogens is 330 g/mol. The fourth-order valence-electron chi connectivity index (χ4n) is 2.73. The van der Waals surface area contributed by atoms with E-state index >= 15 is 0 Å². The van der Waals surface area contributed by atoms with Gasteiger partial charge in [-0.25, -0.2) is 5.10 Å². The van der Waals surface area contributed by atoms with Gasteiger partial charge in [0, 0.05) is 29.9 Å². The van der Waals surface area contributed by atoms with E-state index in [2.05, 4.69) is 20.2 Å². The van der Waals surface area contributed by atoms with Crippen LogP contribution in [0.2, 0.25) is 0 Å². The average molecular weight is 345 g/mol. The molecule has 0 saturated heterocycles. The van der Waals surface area contributed by atoms with Crippen molar-refractivity contribution in [3.05, 3.63) is 77.2 Å². The van der Waals surface area contributed by atoms with E-state index < -0.39 is 0 Å². The first-order valence-corrected chi connectivity index (χ1v) is 7.99. The molecule has 0 atom stereocenters. The molecule has 0 aliphatic heterocycles. The van der Waals surface area contributed by atoms with E-state index in [4.69, 9.17) is 10.5 Å². The number of benzene rings is 1. The molecule has 3 N–H and O–H groups in total. The normalized spacial score (nSPS) is 10.8. The third-order valence-corrected chi connectivity index (χ3v) is 3.98. The monoisotopic (exact) mass is 345 g/mol. The van der Waals surface area contributed by atoms with E-state index in [0.717, 1.165) is 16.5 Å². The highest BCUT2D eigenvalue weighted by molar-refractivity contribution is 5.88. The molecule has 0 fully saturated rings. The second kappa shape index (κ2) is 6.73. The van der Waals surface area contributed by atoms with E-state index in [1.165, 1.54) is 0 Å². The summed E-state index contributed by atoms with van der Waals surface area (Å²) in [5, 5.41) is 7.77. The van der Waals surface area contributed by atoms with Gasteiger partial charge in [0.15, 0.2) is 0 Å². The van der Waals surface area contributed by atoms with Gasteiger partial charge < -0.3 is 10.5 Å². The van der Waals surface area contributed by atoms with Crippen LogP contribution in [0.3, 0.4) is 0 Å². The molecule has 0 aliphatic carbocycles. The van der Waals surface area contributed by atoms with Crippen molar-refractivity contribution in [2.75, 3.05) is 0 Å². The van der Waals surface area contributed by atoms with Gasteiger partial charge >= 0.3 is 0 Å². The Balaban J connectivity index is 1.76. The van der Waals surface area contributed by atoms with Crippen molar-refractivity contribution in [3.63, 3.8) is 0 Å². The number of aromatic nitrogens is 4. The van der Waals surface area contributed by atoms with Crippen LogP contribution in [0.1, 0.15) is 5.69 Å². The molecule has 1 aromatic carbocycles. The maximum Gasteiger partial charge on any atom is 0.272 e. The minimum Gasteiger partial charge on any atom is -0.454 e. The Morgan fingerprint density at radius 2 is 1.85 bits per heavy atom. The third kappa shape index (κ3) is 3.03. The fraction of sp³-hybridized carbons (Fsp3) is 0.0526. The molecule has 7 nitrogen and oxygen atoms in total. The molecule has 128 valence electrons. The SMILES string of the molecule is NCc1n[nH]c(=O)c2ccc(-c3cncc(Oc4cccnc4)c3)cc12. The van der Waals surface area contributed by atoms with Crippen LogP contribution in [0.5, 0.6) is 11.5 Å². The summed E-state index contributed by atoms with van der Waals surface area (Å²) in [7, 11) is 0. The number of ether oxygens (including phenoxy) is 1. The molecule has 7 heteroatoms. The van der Waals surface area contributed by atoms with Gasteiger partial charge in [0.2, 0.25) is 0 Å². The lowest BCUT2D eigenvalue weighted by molar-refractivity contribution is 0.478. The number of pyridine rings is 2. The van der Waals surface area contributed by atoms with Crippen molar-refractivity contribution >= 4 is 10.8 Å². The first kappa shape index (κ1) is 15.9. The maximum atomic E-state index is 12.0. The summed E-state index contributed by atoms with van der Waals surface area (Å²) >= 11 is 0. The number of aromatic amines is 1. The molecule has 3 heterocycles. The van der Waals surface area contributed by atoms with E-state index in [1.807, 2.05) is 24.3 Å². The number of nitrogens with zero attached hydrogens (tertiary/aromatic N) is 3. The smallest absolute Gasteiger partial charge is 0.272 e. The predicted octanol–water partition coefficient (Wildman–Crippen LogP) is 2.63. The zero-order valence-corrected chi connectivity index (χ0v) is 13.7. The summed E-state index contributed by atoms with van der Waals surface area (Å²) in [6.45, 7) is 0.235. The van der Waals surface area contributed by atoms with Gasteiger partial charge in [0.1, 0.15) is 11.5 Å². The lowest BCUT2D eigenvalue weighted by Gasteiger charge is -2.08. The number of rotatable bonds is 4. The summed E-state index contributed by atoms with van der Waals surface area (Å²) in [5.41, 5.74) is 7.89. The minimum atomic E-state index is -0.240. The van der Waals surface area contributed by atoms with Crippen LogP contribution in [0.15, 0.2) is 66.0 Å². The average Bonchev–Trinajstić information content (AvgIpc) is 2.69. The molecule has 0 saturated carbocycles. The van der Waals surface area contributed by atoms with Crippen LogP contribution < -0.4 is 16.0 Å². The van der Waals surface area contributed by atoms with Crippen LogP contribution >= 0.6 is 0 Å². The molecule has 4 aromatic rings. The van der Waals surface area contributed by atoms with Crippen molar-refractivity contribution in [3.8, 4) is 22.6 Å². The summed E-state index contributed by atoms with van der Waals surface area (Å²) in [4.78, 5) is 20.2. The van der Waals surface area contributed by atoms with Crippen molar-refractivity contribution < 1.29 is 4.74 Å². The second-order valence-electron chi connectivity index (χ2n) is 5.66. The third-order valence-electron chi connectivity index (χ3n) is 3.98. The molecule has 26 heavy (non-hydrogen) atoms. The largest absolute Gasteiger partial charge is 0.454 e. The summed E-state index contributed by atoms with van der Waals surface area (Å²) in [5.74, 6) is 1.23. The van der Waals surface area contributed by atoms with Crippen LogP contribution in [0.25, 0.3) is 21.9 Å². The number of nitrogens with one attached hydrogen (secondary N) is 1. The van der Waals surface area contributed by atoms with Gasteiger partial charge in [0.25, 0.3) is 5.56 Å². The van der Waals surface area contributed by atoms with Gasteiger partial charge in [-0.15, -0.1) is 0 Å². The molecule has 0 aliphatic rings. The van der Waals surface area contributed by atoms with Crippen LogP contribution in [-0.4, -0.2) is 20.2 Å². The number of nitrogens with two attached hydrogens (primary N) is 1. The highest BCUT2D eigenvalue weighted by atomic mass is 16.5. The van der Waals surface area contributed by atoms with Crippen molar-refractivity contribution in [1.82, 2.24) is 20.2 Å². The number of fused-ring (bicyclic) bond motifs is 1. The van der Waals surface area contributed by atoms with Crippen molar-refractivity contribution in [2.45, 2.75) is 6.54 Å². The van der Waals surface area contributed by atoms with Crippen molar-refractivity contribution in [2.24, 2.45) is 5.73 Å². The van der Waals surface area contributed by atoms with E-state index in [1.54, 1.807) is 36.9 Å². The number of hydrogen-bond acceptors (Lipinski definition) is 6. The van der Waals surface area contributed by atoms with Gasteiger partial charge in [0.05, 0.1) is 23.5 Å². The van der Waals surface area contributed by atoms with Gasteiger partial charge in [-0.2, -0.15) is 5.10 Å². The summed E-state index contributed by atoms with van der Waals surface area (Å²) in [6.07, 6.45) is 6.69. The van der Waals surface area contributed by atoms with Gasteiger partial charge in [-0.3, -0.25) is 14.8 Å². The lowest BCUT2D eigenvalue weighted by Crippen LogP contribution is -2.13. The Morgan fingerprint density at radius 1 is 0.962 bits per heavy atom. The lowest BCUT2D eigenvalue weighted by atomic mass is 10.0. The fourth-order valence-corrected chi connectivity index (χ4v) is 2.73. The molecule has 4 rings (SSSR count). The Morgan fingerprint density at radius 3 is 2.65 bits per heavy atom. The topological polar surface area (TPSA) is 107 Å². The van der Waals surface area contributed by atoms with Gasteiger partial charge in [-0.05, 0) is 35.9 Å². The van der Waals surface area contributed by atoms with E-state index in [0.29, 0.717) is 22.6 Å². The van der Waals surface area contributed by atoms with Crippen LogP contribution in [0, 0.1) is 0 Å². The Kier molecular flexibility index (Phi) is 4.12. The zero-order valence-electron chi connectivity index (χ0n) is 13.7. The highest BCUT2D eigenvalue weighted by Crippen LogP contribution is 2.28. The quantitative estimate of drug-likeness (QED) is 0.589. The number of hydrogen-bond donors (Lipinski definition) is 2. The molecule has 0 unspecified atom stereocenters. The molecule has 0 bridgehead atoms. The Hall–Kier alpha value is -3.58. The predicted molar refractivity (Wildman–Crippen MR) is 97.8 cm³/mol. The molecular formula is C19H15N5O2. The first-order chi connectivity index (χ1) is 12.7. The molecule has 0 amide bonds. The van der Waals surface area contributed by atoms with E-state index in [-0.39, 0.29) is 12.1 Å². The summed E-state index contributed by atoms with van der Waals surface area (Å²) < 4.78 is 5.78. The number of H-pyrrole nitrogens is 1.